The maximum absolute atomic E-state index is 13.7. The number of alkyl halides is 3. The van der Waals surface area contributed by atoms with E-state index in [0.717, 1.165) is 24.5 Å². The van der Waals surface area contributed by atoms with Crippen molar-refractivity contribution in [2.24, 2.45) is 0 Å². The molecule has 11 heteroatoms. The minimum Gasteiger partial charge on any atom is -0.530 e. The van der Waals surface area contributed by atoms with Crippen LogP contribution in [-0.4, -0.2) is 55.6 Å². The molecule has 0 aliphatic carbocycles. The van der Waals surface area contributed by atoms with Crippen LogP contribution in [0, 0.1) is 0 Å². The summed E-state index contributed by atoms with van der Waals surface area (Å²) < 4.78 is 46.8. The summed E-state index contributed by atoms with van der Waals surface area (Å²) in [5, 5.41) is 12.8. The van der Waals surface area contributed by atoms with Crippen LogP contribution in [0.25, 0.3) is 0 Å². The molecule has 0 saturated carbocycles. The number of amides is 2. The van der Waals surface area contributed by atoms with Gasteiger partial charge in [-0.05, 0) is 37.6 Å². The summed E-state index contributed by atoms with van der Waals surface area (Å²) in [6, 6.07) is 13.0. The third kappa shape index (κ3) is 4.89. The SMILES string of the molecule is CON(C)C(=O)[C@H]1CN(Cc2ccccc2)c2cc(N(C(=O)[O-])C(C)(C)C(F)(F)F)ccc2O1. The highest BCUT2D eigenvalue weighted by molar-refractivity contribution is 5.89. The molecule has 34 heavy (non-hydrogen) atoms. The predicted molar refractivity (Wildman–Crippen MR) is 116 cm³/mol. The van der Waals surface area contributed by atoms with E-state index in [9.17, 15) is 27.9 Å². The Hall–Kier alpha value is -3.47. The first-order valence-corrected chi connectivity index (χ1v) is 10.4. The zero-order valence-electron chi connectivity index (χ0n) is 19.1. The van der Waals surface area contributed by atoms with E-state index in [-0.39, 0.29) is 22.9 Å². The highest BCUT2D eigenvalue weighted by Crippen LogP contribution is 2.42. The van der Waals surface area contributed by atoms with Crippen molar-refractivity contribution < 1.29 is 37.4 Å². The van der Waals surface area contributed by atoms with Crippen LogP contribution in [0.4, 0.5) is 29.3 Å². The van der Waals surface area contributed by atoms with Gasteiger partial charge in [0.05, 0.1) is 19.3 Å². The van der Waals surface area contributed by atoms with Gasteiger partial charge in [0, 0.05) is 19.3 Å². The maximum Gasteiger partial charge on any atom is 0.411 e. The molecule has 2 aromatic carbocycles. The molecule has 0 saturated heterocycles. The zero-order valence-corrected chi connectivity index (χ0v) is 19.1. The van der Waals surface area contributed by atoms with Crippen LogP contribution in [-0.2, 0) is 16.2 Å². The molecule has 0 radical (unpaired) electrons. The summed E-state index contributed by atoms with van der Waals surface area (Å²) in [5.74, 6) is -0.234. The Morgan fingerprint density at radius 2 is 1.82 bits per heavy atom. The normalized spacial score (nSPS) is 15.9. The largest absolute Gasteiger partial charge is 0.530 e. The molecule has 1 aliphatic heterocycles. The number of carbonyl (C=O) groups is 2. The number of likely N-dealkylation sites (N-methyl/N-ethyl adjacent to an activating group) is 1. The molecule has 1 heterocycles. The monoisotopic (exact) mass is 480 g/mol. The summed E-state index contributed by atoms with van der Waals surface area (Å²) >= 11 is 0. The molecule has 0 spiro atoms. The molecule has 2 amide bonds. The standard InChI is InChI=1S/C23H26F3N3O5/c1-22(2,23(24,25)26)29(21(31)32)16-10-11-18-17(12-16)28(13-15-8-6-5-7-9-15)14-19(34-18)20(30)27(3)33-4/h5-12,19H,13-14H2,1-4H3,(H,31,32)/p-1/t19-/m1/s1. The predicted octanol–water partition coefficient (Wildman–Crippen LogP) is 2.96. The number of rotatable bonds is 6. The molecule has 8 nitrogen and oxygen atoms in total. The number of carboxylic acid groups (broad SMARTS) is 1. The quantitative estimate of drug-likeness (QED) is 0.591. The van der Waals surface area contributed by atoms with Crippen molar-refractivity contribution in [2.45, 2.75) is 38.2 Å². The van der Waals surface area contributed by atoms with Crippen molar-refractivity contribution >= 4 is 23.4 Å². The average Bonchev–Trinajstić information content (AvgIpc) is 2.77. The number of hydrogen-bond acceptors (Lipinski definition) is 6. The van der Waals surface area contributed by atoms with Gasteiger partial charge in [0.25, 0.3) is 5.91 Å². The van der Waals surface area contributed by atoms with E-state index in [1.165, 1.54) is 32.4 Å². The molecular weight excluding hydrogens is 455 g/mol. The number of nitrogens with zero attached hydrogens (tertiary/aromatic N) is 3. The van der Waals surface area contributed by atoms with Crippen molar-refractivity contribution in [2.75, 3.05) is 30.5 Å². The Bertz CT molecular complexity index is 1050. The lowest BCUT2D eigenvalue weighted by atomic mass is 10.0. The number of hydroxylamine groups is 2. The number of halogens is 3. The van der Waals surface area contributed by atoms with Crippen LogP contribution < -0.4 is 19.6 Å². The topological polar surface area (TPSA) is 85.4 Å². The molecule has 3 rings (SSSR count). The van der Waals surface area contributed by atoms with Crippen molar-refractivity contribution in [3.8, 4) is 5.75 Å². The molecule has 2 aromatic rings. The fourth-order valence-electron chi connectivity index (χ4n) is 3.64. The summed E-state index contributed by atoms with van der Waals surface area (Å²) in [6.45, 7) is 1.88. The smallest absolute Gasteiger partial charge is 0.411 e. The van der Waals surface area contributed by atoms with Crippen LogP contribution in [0.15, 0.2) is 48.5 Å². The number of anilines is 2. The van der Waals surface area contributed by atoms with Gasteiger partial charge >= 0.3 is 6.18 Å². The number of fused-ring (bicyclic) bond motifs is 1. The highest BCUT2D eigenvalue weighted by Gasteiger charge is 2.52. The van der Waals surface area contributed by atoms with Gasteiger partial charge in [-0.25, -0.2) is 5.06 Å². The number of hydrogen-bond donors (Lipinski definition) is 0. The van der Waals surface area contributed by atoms with Crippen LogP contribution in [0.3, 0.4) is 0 Å². The maximum atomic E-state index is 13.7. The van der Waals surface area contributed by atoms with Crippen molar-refractivity contribution in [1.82, 2.24) is 5.06 Å². The Balaban J connectivity index is 2.07. The average molecular weight is 480 g/mol. The third-order valence-electron chi connectivity index (χ3n) is 5.71. The summed E-state index contributed by atoms with van der Waals surface area (Å²) in [5.41, 5.74) is -1.77. The van der Waals surface area contributed by atoms with Crippen LogP contribution >= 0.6 is 0 Å². The number of benzene rings is 2. The first-order valence-electron chi connectivity index (χ1n) is 10.4. The minimum atomic E-state index is -4.86. The molecule has 184 valence electrons. The van der Waals surface area contributed by atoms with Gasteiger partial charge in [-0.15, -0.1) is 0 Å². The highest BCUT2D eigenvalue weighted by atomic mass is 19.4. The fraction of sp³-hybridized carbons (Fsp3) is 0.391. The van der Waals surface area contributed by atoms with E-state index < -0.39 is 29.8 Å². The van der Waals surface area contributed by atoms with Crippen molar-refractivity contribution in [3.63, 3.8) is 0 Å². The molecular formula is C23H25F3N3O5-. The van der Waals surface area contributed by atoms with E-state index in [0.29, 0.717) is 12.2 Å². The van der Waals surface area contributed by atoms with E-state index in [4.69, 9.17) is 9.57 Å². The second kappa shape index (κ2) is 9.41. The van der Waals surface area contributed by atoms with E-state index >= 15 is 0 Å². The Morgan fingerprint density at radius 3 is 2.38 bits per heavy atom. The summed E-state index contributed by atoms with van der Waals surface area (Å²) in [4.78, 5) is 31.3. The van der Waals surface area contributed by atoms with Crippen LogP contribution in [0.2, 0.25) is 0 Å². The van der Waals surface area contributed by atoms with Gasteiger partial charge in [-0.3, -0.25) is 9.63 Å². The fourth-order valence-corrected chi connectivity index (χ4v) is 3.64. The second-order valence-corrected chi connectivity index (χ2v) is 8.30. The number of ether oxygens (including phenoxy) is 1. The lowest BCUT2D eigenvalue weighted by molar-refractivity contribution is -0.254. The summed E-state index contributed by atoms with van der Waals surface area (Å²) in [6.07, 6.45) is -7.80. The zero-order chi connectivity index (χ0) is 25.3. The van der Waals surface area contributed by atoms with E-state index in [1.807, 2.05) is 30.3 Å². The molecule has 0 fully saturated rings. The Kier molecular flexibility index (Phi) is 6.97. The minimum absolute atomic E-state index is 0.0614. The summed E-state index contributed by atoms with van der Waals surface area (Å²) in [7, 11) is 2.77. The first kappa shape index (κ1) is 25.2. The molecule has 0 bridgehead atoms. The van der Waals surface area contributed by atoms with Gasteiger partial charge in [-0.2, -0.15) is 13.2 Å². The Morgan fingerprint density at radius 1 is 1.18 bits per heavy atom. The van der Waals surface area contributed by atoms with E-state index in [1.54, 1.807) is 4.90 Å². The lowest BCUT2D eigenvalue weighted by Crippen LogP contribution is -2.60. The van der Waals surface area contributed by atoms with E-state index in [2.05, 4.69) is 0 Å². The molecule has 0 N–H and O–H groups in total. The molecule has 0 aromatic heterocycles. The van der Waals surface area contributed by atoms with Gasteiger partial charge in [0.1, 0.15) is 17.4 Å². The van der Waals surface area contributed by atoms with Crippen LogP contribution in [0.1, 0.15) is 19.4 Å². The van der Waals surface area contributed by atoms with Gasteiger partial charge in [0.2, 0.25) is 0 Å². The number of carbonyl (C=O) groups excluding carboxylic acids is 2. The first-order chi connectivity index (χ1) is 15.9. The Labute approximate surface area is 195 Å². The lowest BCUT2D eigenvalue weighted by Gasteiger charge is -2.42. The van der Waals surface area contributed by atoms with Crippen molar-refractivity contribution in [3.05, 3.63) is 54.1 Å². The van der Waals surface area contributed by atoms with Gasteiger partial charge in [0.15, 0.2) is 6.10 Å². The third-order valence-corrected chi connectivity index (χ3v) is 5.71. The molecule has 1 atom stereocenters. The van der Waals surface area contributed by atoms with Gasteiger partial charge in [-0.1, -0.05) is 30.3 Å². The van der Waals surface area contributed by atoms with Crippen LogP contribution in [0.5, 0.6) is 5.75 Å². The second-order valence-electron chi connectivity index (χ2n) is 8.30. The molecule has 1 aliphatic rings. The van der Waals surface area contributed by atoms with Crippen molar-refractivity contribution in [1.29, 1.82) is 0 Å². The van der Waals surface area contributed by atoms with Gasteiger partial charge < -0.3 is 24.4 Å². The molecule has 0 unspecified atom stereocenters.